The van der Waals surface area contributed by atoms with Crippen LogP contribution in [0.25, 0.3) is 78.5 Å². The fourth-order valence-corrected chi connectivity index (χ4v) is 6.97. The molecule has 47 heavy (non-hydrogen) atoms. The minimum absolute atomic E-state index is 0.111. The van der Waals surface area contributed by atoms with Gasteiger partial charge in [0.05, 0.1) is 11.6 Å². The van der Waals surface area contributed by atoms with Gasteiger partial charge in [-0.2, -0.15) is 5.26 Å². The number of aromatic nitrogens is 2. The lowest BCUT2D eigenvalue weighted by atomic mass is 9.81. The molecule has 0 unspecified atom stereocenters. The maximum Gasteiger partial charge on any atom is 0.227 e. The van der Waals surface area contributed by atoms with Gasteiger partial charge in [0, 0.05) is 22.1 Å². The Balaban J connectivity index is 1.22. The summed E-state index contributed by atoms with van der Waals surface area (Å²) in [5.41, 5.74) is 14.0. The molecule has 8 aromatic rings. The molecule has 2 aromatic heterocycles. The number of para-hydroxylation sites is 4. The van der Waals surface area contributed by atoms with Gasteiger partial charge in [0.15, 0.2) is 11.2 Å². The highest BCUT2D eigenvalue weighted by molar-refractivity contribution is 5.87. The molecular weight excluding hydrogens is 578 g/mol. The minimum Gasteiger partial charge on any atom is -0.436 e. The second kappa shape index (κ2) is 10.1. The molecule has 0 saturated carbocycles. The molecule has 5 heteroatoms. The standard InChI is InChI=1S/C42H27N3O2/c1-42(2)34-10-4-3-9-31(34)32-18-17-26(23-35(32)42)25-15-16-27(24-43)33(22-25)28-19-29(40-44-36-11-5-7-13-38(36)46-40)21-30(20-28)41-45-37-12-6-8-14-39(37)47-41/h3-23H,1-2H3. The first kappa shape index (κ1) is 27.1. The first-order valence-corrected chi connectivity index (χ1v) is 15.6. The summed E-state index contributed by atoms with van der Waals surface area (Å²) in [4.78, 5) is 9.57. The molecule has 9 rings (SSSR count). The van der Waals surface area contributed by atoms with Crippen LogP contribution in [-0.4, -0.2) is 9.97 Å². The number of hydrogen-bond donors (Lipinski definition) is 0. The van der Waals surface area contributed by atoms with E-state index < -0.39 is 0 Å². The number of hydrogen-bond acceptors (Lipinski definition) is 5. The number of nitrogens with zero attached hydrogens (tertiary/aromatic N) is 3. The van der Waals surface area contributed by atoms with Crippen molar-refractivity contribution < 1.29 is 8.83 Å². The monoisotopic (exact) mass is 605 g/mol. The lowest BCUT2D eigenvalue weighted by Crippen LogP contribution is -2.14. The molecule has 0 aliphatic heterocycles. The van der Waals surface area contributed by atoms with Crippen LogP contribution in [0.15, 0.2) is 136 Å². The largest absolute Gasteiger partial charge is 0.436 e. The molecule has 6 aromatic carbocycles. The van der Waals surface area contributed by atoms with Crippen molar-refractivity contribution in [2.24, 2.45) is 0 Å². The molecule has 0 radical (unpaired) electrons. The average molecular weight is 606 g/mol. The Labute approximate surface area is 271 Å². The molecule has 0 amide bonds. The third kappa shape index (κ3) is 4.30. The van der Waals surface area contributed by atoms with Crippen molar-refractivity contribution in [3.05, 3.63) is 144 Å². The van der Waals surface area contributed by atoms with Crippen LogP contribution in [0.2, 0.25) is 0 Å². The van der Waals surface area contributed by atoms with Crippen molar-refractivity contribution in [2.45, 2.75) is 19.3 Å². The van der Waals surface area contributed by atoms with Crippen LogP contribution in [0.3, 0.4) is 0 Å². The van der Waals surface area contributed by atoms with Gasteiger partial charge >= 0.3 is 0 Å². The van der Waals surface area contributed by atoms with E-state index in [1.54, 1.807) is 0 Å². The maximum absolute atomic E-state index is 10.3. The van der Waals surface area contributed by atoms with Gasteiger partial charge in [-0.15, -0.1) is 0 Å². The van der Waals surface area contributed by atoms with Crippen molar-refractivity contribution in [3.8, 4) is 62.4 Å². The van der Waals surface area contributed by atoms with Crippen LogP contribution < -0.4 is 0 Å². The summed E-state index contributed by atoms with van der Waals surface area (Å²) in [5, 5.41) is 10.3. The summed E-state index contributed by atoms with van der Waals surface area (Å²) in [6.45, 7) is 4.58. The zero-order valence-corrected chi connectivity index (χ0v) is 25.8. The summed E-state index contributed by atoms with van der Waals surface area (Å²) >= 11 is 0. The summed E-state index contributed by atoms with van der Waals surface area (Å²) in [6, 6.07) is 45.3. The van der Waals surface area contributed by atoms with E-state index in [2.05, 4.69) is 68.4 Å². The summed E-state index contributed by atoms with van der Waals surface area (Å²) in [6.07, 6.45) is 0. The summed E-state index contributed by atoms with van der Waals surface area (Å²) in [7, 11) is 0. The van der Waals surface area contributed by atoms with Gasteiger partial charge in [-0.25, -0.2) is 9.97 Å². The average Bonchev–Trinajstić information content (AvgIpc) is 3.81. The van der Waals surface area contributed by atoms with Gasteiger partial charge < -0.3 is 8.83 Å². The van der Waals surface area contributed by atoms with Crippen molar-refractivity contribution in [2.75, 3.05) is 0 Å². The van der Waals surface area contributed by atoms with E-state index in [1.807, 2.05) is 78.9 Å². The lowest BCUT2D eigenvalue weighted by molar-refractivity contribution is 0.617. The van der Waals surface area contributed by atoms with Crippen LogP contribution in [-0.2, 0) is 5.41 Å². The van der Waals surface area contributed by atoms with Crippen molar-refractivity contribution in [1.29, 1.82) is 5.26 Å². The van der Waals surface area contributed by atoms with Crippen LogP contribution in [0.1, 0.15) is 30.5 Å². The Morgan fingerprint density at radius 3 is 1.72 bits per heavy atom. The lowest BCUT2D eigenvalue weighted by Gasteiger charge is -2.22. The third-order valence-electron chi connectivity index (χ3n) is 9.38. The highest BCUT2D eigenvalue weighted by atomic mass is 16.4. The van der Waals surface area contributed by atoms with Gasteiger partial charge in [-0.05, 0) is 99.6 Å². The molecule has 0 bridgehead atoms. The van der Waals surface area contributed by atoms with E-state index in [-0.39, 0.29) is 5.41 Å². The highest BCUT2D eigenvalue weighted by Crippen LogP contribution is 2.49. The van der Waals surface area contributed by atoms with E-state index in [0.717, 1.165) is 44.4 Å². The molecule has 2 heterocycles. The number of oxazole rings is 2. The summed E-state index contributed by atoms with van der Waals surface area (Å²) < 4.78 is 12.4. The molecule has 0 spiro atoms. The van der Waals surface area contributed by atoms with Gasteiger partial charge in [-0.1, -0.05) is 80.6 Å². The van der Waals surface area contributed by atoms with Crippen molar-refractivity contribution in [3.63, 3.8) is 0 Å². The first-order chi connectivity index (χ1) is 23.0. The first-order valence-electron chi connectivity index (χ1n) is 15.6. The second-order valence-corrected chi connectivity index (χ2v) is 12.6. The number of fused-ring (bicyclic) bond motifs is 5. The molecule has 0 fully saturated rings. The number of nitriles is 1. The third-order valence-corrected chi connectivity index (χ3v) is 9.38. The normalized spacial score (nSPS) is 13.0. The number of benzene rings is 6. The van der Waals surface area contributed by atoms with E-state index in [0.29, 0.717) is 28.5 Å². The van der Waals surface area contributed by atoms with Gasteiger partial charge in [0.1, 0.15) is 11.0 Å². The molecule has 0 saturated heterocycles. The van der Waals surface area contributed by atoms with Crippen LogP contribution in [0.5, 0.6) is 0 Å². The zero-order chi connectivity index (χ0) is 31.7. The Kier molecular flexibility index (Phi) is 5.84. The van der Waals surface area contributed by atoms with Crippen molar-refractivity contribution >= 4 is 22.2 Å². The molecule has 1 aliphatic rings. The predicted molar refractivity (Wildman–Crippen MR) is 186 cm³/mol. The quantitative estimate of drug-likeness (QED) is 0.199. The maximum atomic E-state index is 10.3. The van der Waals surface area contributed by atoms with E-state index in [9.17, 15) is 5.26 Å². The SMILES string of the molecule is CC1(C)c2ccccc2-c2ccc(-c3ccc(C#N)c(-c4cc(-c5nc6ccccc6o5)cc(-c5nc6ccccc6o5)c4)c3)cc21. The smallest absolute Gasteiger partial charge is 0.227 e. The molecule has 1 aliphatic carbocycles. The van der Waals surface area contributed by atoms with Crippen LogP contribution in [0.4, 0.5) is 0 Å². The van der Waals surface area contributed by atoms with Crippen LogP contribution in [0, 0.1) is 11.3 Å². The van der Waals surface area contributed by atoms with Crippen LogP contribution >= 0.6 is 0 Å². The Hall–Kier alpha value is -6.25. The minimum atomic E-state index is -0.111. The van der Waals surface area contributed by atoms with Crippen molar-refractivity contribution in [1.82, 2.24) is 9.97 Å². The van der Waals surface area contributed by atoms with E-state index in [4.69, 9.17) is 18.8 Å². The molecule has 0 N–H and O–H groups in total. The fourth-order valence-electron chi connectivity index (χ4n) is 6.97. The van der Waals surface area contributed by atoms with E-state index >= 15 is 0 Å². The fraction of sp³-hybridized carbons (Fsp3) is 0.0714. The van der Waals surface area contributed by atoms with Gasteiger partial charge in [0.2, 0.25) is 11.8 Å². The Morgan fingerprint density at radius 2 is 1.06 bits per heavy atom. The zero-order valence-electron chi connectivity index (χ0n) is 25.8. The predicted octanol–water partition coefficient (Wildman–Crippen LogP) is 10.8. The van der Waals surface area contributed by atoms with Gasteiger partial charge in [-0.3, -0.25) is 0 Å². The number of rotatable bonds is 4. The summed E-state index contributed by atoms with van der Waals surface area (Å²) in [5.74, 6) is 0.973. The Bertz CT molecular complexity index is 2420. The molecule has 222 valence electrons. The highest BCUT2D eigenvalue weighted by Gasteiger charge is 2.35. The molecular formula is C42H27N3O2. The second-order valence-electron chi connectivity index (χ2n) is 12.6. The molecule has 0 atom stereocenters. The Morgan fingerprint density at radius 1 is 0.511 bits per heavy atom. The van der Waals surface area contributed by atoms with E-state index in [1.165, 1.54) is 22.3 Å². The van der Waals surface area contributed by atoms with Gasteiger partial charge in [0.25, 0.3) is 0 Å². The molecule has 5 nitrogen and oxygen atoms in total. The topological polar surface area (TPSA) is 75.8 Å².